The van der Waals surface area contributed by atoms with Gasteiger partial charge >= 0.3 is 12.2 Å². The number of urea groups is 1. The number of hydrogen-bond acceptors (Lipinski definition) is 7. The van der Waals surface area contributed by atoms with Gasteiger partial charge in [-0.05, 0) is 91.5 Å². The first-order valence-electron chi connectivity index (χ1n) is 15.5. The number of halogens is 3. The number of nitrogens with zero attached hydrogens (tertiary/aromatic N) is 3. The molecule has 5 N–H and O–H groups in total. The fourth-order valence-corrected chi connectivity index (χ4v) is 5.35. The number of likely N-dealkylation sites (tertiary alicyclic amines) is 1. The van der Waals surface area contributed by atoms with Crippen molar-refractivity contribution in [3.8, 4) is 17.2 Å². The van der Waals surface area contributed by atoms with Crippen LogP contribution in [0.1, 0.15) is 29.5 Å². The Hall–Kier alpha value is -4.75. The molecular weight excluding hydrogens is 613 g/mol. The van der Waals surface area contributed by atoms with E-state index in [0.717, 1.165) is 23.7 Å². The Labute approximate surface area is 271 Å². The normalized spacial score (nSPS) is 14.5. The van der Waals surface area contributed by atoms with Crippen LogP contribution in [0.4, 0.5) is 23.7 Å². The highest BCUT2D eigenvalue weighted by atomic mass is 19.4. The molecule has 0 radical (unpaired) electrons. The van der Waals surface area contributed by atoms with Crippen LogP contribution in [0, 0.1) is 0 Å². The van der Waals surface area contributed by atoms with Gasteiger partial charge in [-0.25, -0.2) is 9.48 Å². The van der Waals surface area contributed by atoms with Crippen LogP contribution in [0.5, 0.6) is 11.5 Å². The first-order valence-corrected chi connectivity index (χ1v) is 15.5. The Bertz CT molecular complexity index is 1560. The summed E-state index contributed by atoms with van der Waals surface area (Å²) in [5, 5.41) is 32.9. The molecule has 1 aromatic heterocycles. The van der Waals surface area contributed by atoms with Crippen molar-refractivity contribution >= 4 is 11.7 Å². The number of anilines is 1. The summed E-state index contributed by atoms with van der Waals surface area (Å²) in [5.74, 6) is 0.739. The quantitative estimate of drug-likeness (QED) is 0.130. The van der Waals surface area contributed by atoms with Crippen LogP contribution in [0.25, 0.3) is 5.69 Å². The molecule has 1 atom stereocenters. The predicted molar refractivity (Wildman–Crippen MR) is 172 cm³/mol. The van der Waals surface area contributed by atoms with Gasteiger partial charge < -0.3 is 35.8 Å². The number of phenols is 1. The van der Waals surface area contributed by atoms with Gasteiger partial charge in [-0.1, -0.05) is 18.2 Å². The Morgan fingerprint density at radius 2 is 1.79 bits per heavy atom. The highest BCUT2D eigenvalue weighted by Crippen LogP contribution is 2.33. The van der Waals surface area contributed by atoms with Gasteiger partial charge in [-0.3, -0.25) is 0 Å². The van der Waals surface area contributed by atoms with E-state index in [1.807, 2.05) is 24.3 Å². The Morgan fingerprint density at radius 1 is 1.04 bits per heavy atom. The van der Waals surface area contributed by atoms with Crippen molar-refractivity contribution in [1.82, 2.24) is 25.3 Å². The molecule has 2 heterocycles. The zero-order valence-corrected chi connectivity index (χ0v) is 25.8. The Balaban J connectivity index is 0.994. The van der Waals surface area contributed by atoms with Crippen LogP contribution in [-0.2, 0) is 19.1 Å². The van der Waals surface area contributed by atoms with Crippen molar-refractivity contribution in [1.29, 1.82) is 0 Å². The average Bonchev–Trinajstić information content (AvgIpc) is 3.61. The number of phenolic OH excluding ortho intramolecular Hbond substituents is 1. The molecule has 10 nitrogen and oxygen atoms in total. The molecule has 4 aromatic rings. The van der Waals surface area contributed by atoms with Crippen molar-refractivity contribution in [3.05, 3.63) is 102 Å². The fourth-order valence-electron chi connectivity index (χ4n) is 5.35. The largest absolute Gasteiger partial charge is 0.508 e. The third-order valence-corrected chi connectivity index (χ3v) is 7.95. The van der Waals surface area contributed by atoms with Crippen molar-refractivity contribution in [2.24, 2.45) is 0 Å². The molecule has 5 rings (SSSR count). The zero-order valence-electron chi connectivity index (χ0n) is 25.8. The third kappa shape index (κ3) is 9.87. The summed E-state index contributed by atoms with van der Waals surface area (Å²) in [4.78, 5) is 14.4. The van der Waals surface area contributed by atoms with E-state index in [0.29, 0.717) is 50.5 Å². The number of aromatic hydroxyl groups is 1. The maximum atomic E-state index is 13.8. The van der Waals surface area contributed by atoms with E-state index in [2.05, 4.69) is 21.0 Å². The van der Waals surface area contributed by atoms with Gasteiger partial charge in [0.1, 0.15) is 24.2 Å². The number of amides is 2. The topological polar surface area (TPSA) is 124 Å². The van der Waals surface area contributed by atoms with Crippen LogP contribution in [-0.4, -0.2) is 75.9 Å². The molecule has 2 amide bonds. The Morgan fingerprint density at radius 3 is 2.47 bits per heavy atom. The van der Waals surface area contributed by atoms with E-state index in [1.54, 1.807) is 35.4 Å². The van der Waals surface area contributed by atoms with E-state index in [-0.39, 0.29) is 36.5 Å². The molecule has 47 heavy (non-hydrogen) atoms. The zero-order chi connectivity index (χ0) is 33.2. The molecule has 0 spiro atoms. The summed E-state index contributed by atoms with van der Waals surface area (Å²) in [6.45, 7) is 1.98. The SMILES string of the molecule is O=C(NCc1ccc(-n2cccn2)cc1C(F)(F)F)N1CCC(Nc2ccc(CCNC[C@H](O)COc3ccc(O)cc3)cc2)CC1. The van der Waals surface area contributed by atoms with Gasteiger partial charge in [0.25, 0.3) is 0 Å². The van der Waals surface area contributed by atoms with Crippen LogP contribution in [0.15, 0.2) is 85.2 Å². The summed E-state index contributed by atoms with van der Waals surface area (Å²) >= 11 is 0. The standard InChI is InChI=1S/C34H39F3N6O4/c35-34(36,37)32-20-28(43-17-1-15-40-43)7-4-25(32)21-39-33(46)42-18-13-27(14-19-42)41-26-5-2-24(3-6-26)12-16-38-22-30(45)23-47-31-10-8-29(44)9-11-31/h1-11,15,17,20,27,30,38,41,44-45H,12-14,16,18-19,21-23H2,(H,39,46)/t30-/m0/s1. The molecule has 0 aliphatic carbocycles. The molecule has 1 fully saturated rings. The lowest BCUT2D eigenvalue weighted by atomic mass is 10.0. The number of alkyl halides is 3. The monoisotopic (exact) mass is 652 g/mol. The van der Waals surface area contributed by atoms with Gasteiger partial charge in [0.2, 0.25) is 0 Å². The second-order valence-corrected chi connectivity index (χ2v) is 11.5. The van der Waals surface area contributed by atoms with Gasteiger partial charge in [0.15, 0.2) is 0 Å². The number of benzene rings is 3. The molecule has 13 heteroatoms. The summed E-state index contributed by atoms with van der Waals surface area (Å²) in [5.41, 5.74) is 1.61. The third-order valence-electron chi connectivity index (χ3n) is 7.95. The maximum absolute atomic E-state index is 13.8. The molecule has 1 saturated heterocycles. The van der Waals surface area contributed by atoms with Crippen molar-refractivity contribution in [3.63, 3.8) is 0 Å². The van der Waals surface area contributed by atoms with Crippen LogP contribution >= 0.6 is 0 Å². The van der Waals surface area contributed by atoms with Crippen LogP contribution in [0.3, 0.4) is 0 Å². The summed E-state index contributed by atoms with van der Waals surface area (Å²) in [6.07, 6.45) is 0.0408. The van der Waals surface area contributed by atoms with E-state index < -0.39 is 17.8 Å². The van der Waals surface area contributed by atoms with Gasteiger partial charge in [-0.15, -0.1) is 0 Å². The number of aromatic nitrogens is 2. The number of carbonyl (C=O) groups is 1. The average molecular weight is 653 g/mol. The van der Waals surface area contributed by atoms with Crippen LogP contribution in [0.2, 0.25) is 0 Å². The van der Waals surface area contributed by atoms with Gasteiger partial charge in [0.05, 0.1) is 11.3 Å². The van der Waals surface area contributed by atoms with E-state index in [1.165, 1.54) is 29.1 Å². The van der Waals surface area contributed by atoms with Crippen molar-refractivity contribution < 1.29 is 32.9 Å². The number of carbonyl (C=O) groups excluding carboxylic acids is 1. The number of ether oxygens (including phenoxy) is 1. The molecule has 0 unspecified atom stereocenters. The lowest BCUT2D eigenvalue weighted by molar-refractivity contribution is -0.138. The molecule has 0 bridgehead atoms. The number of aliphatic hydroxyl groups excluding tert-OH is 1. The summed E-state index contributed by atoms with van der Waals surface area (Å²) < 4.78 is 48.2. The lowest BCUT2D eigenvalue weighted by Gasteiger charge is -2.33. The van der Waals surface area contributed by atoms with Gasteiger partial charge in [-0.2, -0.15) is 18.3 Å². The van der Waals surface area contributed by atoms with Gasteiger partial charge in [0, 0.05) is 50.3 Å². The fraction of sp³-hybridized carbons (Fsp3) is 0.353. The second-order valence-electron chi connectivity index (χ2n) is 11.5. The molecular formula is C34H39F3N6O4. The maximum Gasteiger partial charge on any atom is 0.416 e. The van der Waals surface area contributed by atoms with Crippen molar-refractivity contribution in [2.45, 2.75) is 44.1 Å². The van der Waals surface area contributed by atoms with E-state index in [9.17, 15) is 28.2 Å². The highest BCUT2D eigenvalue weighted by Gasteiger charge is 2.34. The highest BCUT2D eigenvalue weighted by molar-refractivity contribution is 5.74. The lowest BCUT2D eigenvalue weighted by Crippen LogP contribution is -2.46. The minimum absolute atomic E-state index is 0.00768. The number of nitrogens with one attached hydrogen (secondary N) is 3. The smallest absolute Gasteiger partial charge is 0.416 e. The molecule has 1 aliphatic heterocycles. The molecule has 250 valence electrons. The first-order chi connectivity index (χ1) is 22.6. The van der Waals surface area contributed by atoms with E-state index in [4.69, 9.17) is 4.74 Å². The van der Waals surface area contributed by atoms with E-state index >= 15 is 0 Å². The minimum atomic E-state index is -4.57. The summed E-state index contributed by atoms with van der Waals surface area (Å²) in [6, 6.07) is 19.9. The number of aliphatic hydroxyl groups is 1. The molecule has 1 aliphatic rings. The minimum Gasteiger partial charge on any atom is -0.508 e. The molecule has 3 aromatic carbocycles. The number of hydrogen-bond donors (Lipinski definition) is 5. The van der Waals surface area contributed by atoms with Crippen molar-refractivity contribution in [2.75, 3.05) is 38.1 Å². The number of rotatable bonds is 13. The predicted octanol–water partition coefficient (Wildman–Crippen LogP) is 4.95. The second kappa shape index (κ2) is 15.7. The first kappa shape index (κ1) is 33.6. The molecule has 0 saturated carbocycles. The summed E-state index contributed by atoms with van der Waals surface area (Å²) in [7, 11) is 0. The number of piperidine rings is 1. The van der Waals surface area contributed by atoms with Crippen LogP contribution < -0.4 is 20.7 Å². The Kier molecular flexibility index (Phi) is 11.2.